The molecule has 2 saturated heterocycles. The molecule has 1 spiro atoms. The molecule has 0 atom stereocenters. The number of halogens is 3. The van der Waals surface area contributed by atoms with Crippen LogP contribution in [0, 0.1) is 11.3 Å². The highest BCUT2D eigenvalue weighted by Gasteiger charge is 2.40. The molecule has 3 aliphatic rings. The van der Waals surface area contributed by atoms with Crippen molar-refractivity contribution in [3.63, 3.8) is 0 Å². The quantitative estimate of drug-likeness (QED) is 0.269. The zero-order chi connectivity index (χ0) is 36.8. The minimum absolute atomic E-state index is 0.194. The van der Waals surface area contributed by atoms with Crippen LogP contribution < -0.4 is 5.32 Å². The normalized spacial score (nSPS) is 19.8. The maximum Gasteiger partial charge on any atom is 0.433 e. The fourth-order valence-electron chi connectivity index (χ4n) is 7.99. The second-order valence-electron chi connectivity index (χ2n) is 16.4. The number of carbonyl (C=O) groups is 2. The van der Waals surface area contributed by atoms with Crippen molar-refractivity contribution >= 4 is 28.6 Å². The Balaban J connectivity index is 1.03. The average Bonchev–Trinajstić information content (AvgIpc) is 3.48. The van der Waals surface area contributed by atoms with Crippen LogP contribution in [0.1, 0.15) is 114 Å². The Kier molecular flexibility index (Phi) is 10.2. The number of amides is 2. The van der Waals surface area contributed by atoms with Gasteiger partial charge in [0.2, 0.25) is 0 Å². The van der Waals surface area contributed by atoms with Crippen molar-refractivity contribution in [3.05, 3.63) is 53.5 Å². The average molecular weight is 713 g/mol. The van der Waals surface area contributed by atoms with E-state index in [1.807, 2.05) is 36.5 Å². The number of anilines is 1. The minimum Gasteiger partial charge on any atom is -0.444 e. The van der Waals surface area contributed by atoms with Crippen molar-refractivity contribution in [2.24, 2.45) is 11.3 Å². The molecule has 0 bridgehead atoms. The number of aromatic nitrogens is 3. The number of pyridine rings is 1. The van der Waals surface area contributed by atoms with Crippen LogP contribution in [0.4, 0.5) is 23.7 Å². The number of hydrogen-bond acceptors (Lipinski definition) is 7. The summed E-state index contributed by atoms with van der Waals surface area (Å²) < 4.78 is 47.2. The van der Waals surface area contributed by atoms with Crippen molar-refractivity contribution in [2.75, 3.05) is 38.0 Å². The zero-order valence-electron chi connectivity index (χ0n) is 30.4. The smallest absolute Gasteiger partial charge is 0.433 e. The van der Waals surface area contributed by atoms with Crippen molar-refractivity contribution in [1.82, 2.24) is 24.6 Å². The van der Waals surface area contributed by atoms with E-state index in [2.05, 4.69) is 15.2 Å². The number of alkyl halides is 3. The molecule has 2 aliphatic heterocycles. The maximum absolute atomic E-state index is 13.2. The SMILES string of the molecule is CC(C)(C)OC(=O)N1CCC2(CCC(CN3CCC(n4cc5cc(NC(=O)c6cccc(C(F)(F)F)n6)c(C(C)(C)O)cc5n4)CC3)CC2)CC1. The van der Waals surface area contributed by atoms with E-state index < -0.39 is 29.0 Å². The van der Waals surface area contributed by atoms with Crippen molar-refractivity contribution in [2.45, 2.75) is 109 Å². The Morgan fingerprint density at radius 1 is 0.961 bits per heavy atom. The standard InChI is InChI=1S/C38H51F3N6O4/c1-35(2,3)51-34(49)46-19-15-37(16-20-46)13-9-25(10-14-37)23-45-17-11-27(12-18-45)47-24-26-21-31(28(36(4,5)50)22-30(26)44-47)43-33(48)29-7-6-8-32(42-29)38(39,40)41/h6-8,21-22,24-25,27,50H,9-20,23H2,1-5H3,(H,43,48). The number of ether oxygens (including phenoxy) is 1. The summed E-state index contributed by atoms with van der Waals surface area (Å²) in [6, 6.07) is 6.83. The second-order valence-corrected chi connectivity index (χ2v) is 16.4. The van der Waals surface area contributed by atoms with E-state index in [1.54, 1.807) is 26.0 Å². The number of piperidine rings is 2. The fourth-order valence-corrected chi connectivity index (χ4v) is 7.99. The molecule has 2 aromatic heterocycles. The van der Waals surface area contributed by atoms with Crippen molar-refractivity contribution < 1.29 is 32.6 Å². The van der Waals surface area contributed by atoms with Gasteiger partial charge in [0.15, 0.2) is 0 Å². The molecular formula is C38H51F3N6O4. The largest absolute Gasteiger partial charge is 0.444 e. The first-order valence-corrected chi connectivity index (χ1v) is 18.2. The Morgan fingerprint density at radius 2 is 1.63 bits per heavy atom. The number of benzene rings is 1. The van der Waals surface area contributed by atoms with Gasteiger partial charge in [0.25, 0.3) is 5.91 Å². The molecular weight excluding hydrogens is 661 g/mol. The van der Waals surface area contributed by atoms with Crippen LogP contribution in [-0.4, -0.2) is 80.0 Å². The molecule has 2 amide bonds. The molecule has 4 heterocycles. The lowest BCUT2D eigenvalue weighted by Gasteiger charge is -2.46. The Hall–Kier alpha value is -3.71. The summed E-state index contributed by atoms with van der Waals surface area (Å²) in [5.74, 6) is -0.120. The van der Waals surface area contributed by atoms with Gasteiger partial charge in [-0.3, -0.25) is 9.48 Å². The molecule has 0 unspecified atom stereocenters. The third-order valence-electron chi connectivity index (χ3n) is 10.9. The third kappa shape index (κ3) is 8.85. The summed E-state index contributed by atoms with van der Waals surface area (Å²) in [5.41, 5.74) is -1.65. The lowest BCUT2D eigenvalue weighted by molar-refractivity contribution is -0.141. The van der Waals surface area contributed by atoms with E-state index >= 15 is 0 Å². The lowest BCUT2D eigenvalue weighted by Crippen LogP contribution is -2.47. The van der Waals surface area contributed by atoms with Crippen LogP contribution in [0.15, 0.2) is 36.5 Å². The van der Waals surface area contributed by atoms with Crippen molar-refractivity contribution in [1.29, 1.82) is 0 Å². The first kappa shape index (κ1) is 37.1. The lowest BCUT2D eigenvalue weighted by atomic mass is 9.65. The Bertz CT molecular complexity index is 1720. The molecule has 51 heavy (non-hydrogen) atoms. The third-order valence-corrected chi connectivity index (χ3v) is 10.9. The molecule has 0 radical (unpaired) electrons. The van der Waals surface area contributed by atoms with E-state index in [0.29, 0.717) is 22.4 Å². The molecule has 3 fully saturated rings. The molecule has 3 aromatic rings. The minimum atomic E-state index is -4.68. The topological polar surface area (TPSA) is 113 Å². The monoisotopic (exact) mass is 712 g/mol. The van der Waals surface area contributed by atoms with E-state index in [-0.39, 0.29) is 23.5 Å². The summed E-state index contributed by atoms with van der Waals surface area (Å²) >= 11 is 0. The number of carbonyl (C=O) groups excluding carboxylic acids is 2. The molecule has 2 N–H and O–H groups in total. The number of fused-ring (bicyclic) bond motifs is 1. The first-order valence-electron chi connectivity index (χ1n) is 18.2. The first-order chi connectivity index (χ1) is 23.9. The number of aliphatic hydroxyl groups is 1. The van der Waals surface area contributed by atoms with Gasteiger partial charge in [-0.15, -0.1) is 0 Å². The van der Waals surface area contributed by atoms with Gasteiger partial charge in [-0.1, -0.05) is 6.07 Å². The molecule has 1 saturated carbocycles. The number of rotatable bonds is 6. The Labute approximate surface area is 297 Å². The van der Waals surface area contributed by atoms with Gasteiger partial charge >= 0.3 is 12.3 Å². The molecule has 13 heteroatoms. The maximum atomic E-state index is 13.2. The predicted octanol–water partition coefficient (Wildman–Crippen LogP) is 7.77. The highest BCUT2D eigenvalue weighted by atomic mass is 19.4. The highest BCUT2D eigenvalue weighted by Crippen LogP contribution is 2.47. The van der Waals surface area contributed by atoms with Gasteiger partial charge in [0, 0.05) is 55.6 Å². The van der Waals surface area contributed by atoms with Crippen LogP contribution in [0.25, 0.3) is 10.9 Å². The second kappa shape index (κ2) is 14.0. The van der Waals surface area contributed by atoms with Gasteiger partial charge in [-0.25, -0.2) is 9.78 Å². The van der Waals surface area contributed by atoms with Crippen molar-refractivity contribution in [3.8, 4) is 0 Å². The van der Waals surface area contributed by atoms with Gasteiger partial charge < -0.3 is 25.0 Å². The number of nitrogens with zero attached hydrogens (tertiary/aromatic N) is 5. The summed E-state index contributed by atoms with van der Waals surface area (Å²) in [7, 11) is 0. The fraction of sp³-hybridized carbons (Fsp3) is 0.632. The Morgan fingerprint density at radius 3 is 2.24 bits per heavy atom. The van der Waals surface area contributed by atoms with Gasteiger partial charge in [0.1, 0.15) is 17.0 Å². The summed E-state index contributed by atoms with van der Waals surface area (Å²) in [4.78, 5) is 33.5. The van der Waals surface area contributed by atoms with E-state index in [4.69, 9.17) is 9.84 Å². The molecule has 1 aromatic carbocycles. The van der Waals surface area contributed by atoms with Gasteiger partial charge in [-0.05, 0) is 122 Å². The van der Waals surface area contributed by atoms with Gasteiger partial charge in [0.05, 0.1) is 17.2 Å². The molecule has 10 nitrogen and oxygen atoms in total. The predicted molar refractivity (Wildman–Crippen MR) is 188 cm³/mol. The number of nitrogens with one attached hydrogen (secondary N) is 1. The summed E-state index contributed by atoms with van der Waals surface area (Å²) in [5, 5.41) is 19.2. The summed E-state index contributed by atoms with van der Waals surface area (Å²) in [6.45, 7) is 13.5. The number of likely N-dealkylation sites (tertiary alicyclic amines) is 2. The highest BCUT2D eigenvalue weighted by molar-refractivity contribution is 6.04. The molecule has 1 aliphatic carbocycles. The molecule has 278 valence electrons. The molecule has 6 rings (SSSR count). The van der Waals surface area contributed by atoms with Crippen LogP contribution in [0.5, 0.6) is 0 Å². The number of hydrogen-bond donors (Lipinski definition) is 2. The zero-order valence-corrected chi connectivity index (χ0v) is 30.4. The van der Waals surface area contributed by atoms with Crippen LogP contribution >= 0.6 is 0 Å². The van der Waals surface area contributed by atoms with Gasteiger partial charge in [-0.2, -0.15) is 18.3 Å². The van der Waals surface area contributed by atoms with Crippen LogP contribution in [-0.2, 0) is 16.5 Å². The van der Waals surface area contributed by atoms with Crippen LogP contribution in [0.3, 0.4) is 0 Å². The van der Waals surface area contributed by atoms with E-state index in [0.717, 1.165) is 75.9 Å². The van der Waals surface area contributed by atoms with Crippen LogP contribution in [0.2, 0.25) is 0 Å². The van der Waals surface area contributed by atoms with E-state index in [9.17, 15) is 27.9 Å². The summed E-state index contributed by atoms with van der Waals surface area (Å²) in [6.07, 6.45) is 5.98. The van der Waals surface area contributed by atoms with E-state index in [1.165, 1.54) is 31.7 Å².